The molecule has 2 aromatic rings. The summed E-state index contributed by atoms with van der Waals surface area (Å²) >= 11 is 0. The summed E-state index contributed by atoms with van der Waals surface area (Å²) in [6, 6.07) is 16.2. The molecule has 0 fully saturated rings. The molecule has 1 aliphatic carbocycles. The van der Waals surface area contributed by atoms with Gasteiger partial charge in [0, 0.05) is 18.9 Å². The number of unbranched alkanes of at least 4 members (excludes halogenated alkanes) is 1. The second-order valence-corrected chi connectivity index (χ2v) is 8.05. The Morgan fingerprint density at radius 3 is 2.16 bits per heavy atom. The van der Waals surface area contributed by atoms with E-state index in [-0.39, 0.29) is 18.9 Å². The lowest BCUT2D eigenvalue weighted by Gasteiger charge is -2.23. The third kappa shape index (κ3) is 5.26. The lowest BCUT2D eigenvalue weighted by Crippen LogP contribution is -2.54. The summed E-state index contributed by atoms with van der Waals surface area (Å²) < 4.78 is 5.45. The molecule has 0 aromatic heterocycles. The zero-order valence-corrected chi connectivity index (χ0v) is 18.0. The van der Waals surface area contributed by atoms with Crippen molar-refractivity contribution in [3.05, 3.63) is 59.7 Å². The van der Waals surface area contributed by atoms with E-state index >= 15 is 0 Å². The van der Waals surface area contributed by atoms with Gasteiger partial charge in [0.15, 0.2) is 5.54 Å². The number of rotatable bonds is 10. The van der Waals surface area contributed by atoms with Crippen LogP contribution in [0.5, 0.6) is 0 Å². The van der Waals surface area contributed by atoms with Gasteiger partial charge in [0.05, 0.1) is 6.61 Å². The molecule has 2 aromatic carbocycles. The second kappa shape index (κ2) is 10.3. The van der Waals surface area contributed by atoms with Gasteiger partial charge < -0.3 is 25.6 Å². The molecule has 0 saturated carbocycles. The van der Waals surface area contributed by atoms with E-state index in [2.05, 4.69) is 34.9 Å². The third-order valence-electron chi connectivity index (χ3n) is 5.65. The van der Waals surface area contributed by atoms with E-state index in [0.717, 1.165) is 22.3 Å². The molecular weight excluding hydrogens is 412 g/mol. The van der Waals surface area contributed by atoms with E-state index < -0.39 is 30.1 Å². The summed E-state index contributed by atoms with van der Waals surface area (Å²) in [6.45, 7) is 1.11. The molecule has 32 heavy (non-hydrogen) atoms. The number of ether oxygens (including phenoxy) is 1. The molecule has 2 amide bonds. The van der Waals surface area contributed by atoms with E-state index in [0.29, 0.717) is 19.4 Å². The monoisotopic (exact) mass is 440 g/mol. The van der Waals surface area contributed by atoms with Crippen LogP contribution in [-0.2, 0) is 14.3 Å². The maximum Gasteiger partial charge on any atom is 0.407 e. The molecule has 0 saturated heterocycles. The van der Waals surface area contributed by atoms with Crippen LogP contribution in [0.4, 0.5) is 4.79 Å². The van der Waals surface area contributed by atoms with Crippen LogP contribution in [0.3, 0.4) is 0 Å². The minimum atomic E-state index is -1.70. The number of nitrogens with one attached hydrogen (secondary N) is 2. The number of alkyl carbamates (subject to hydrolysis) is 1. The highest BCUT2D eigenvalue weighted by atomic mass is 16.5. The van der Waals surface area contributed by atoms with Gasteiger partial charge in [0.2, 0.25) is 5.91 Å². The van der Waals surface area contributed by atoms with Gasteiger partial charge in [-0.1, -0.05) is 48.5 Å². The molecule has 1 atom stereocenters. The van der Waals surface area contributed by atoms with Crippen molar-refractivity contribution in [1.82, 2.24) is 10.6 Å². The fraction of sp³-hybridized carbons (Fsp3) is 0.375. The first-order valence-corrected chi connectivity index (χ1v) is 10.6. The van der Waals surface area contributed by atoms with Gasteiger partial charge in [-0.05, 0) is 42.0 Å². The van der Waals surface area contributed by atoms with E-state index in [1.54, 1.807) is 0 Å². The first-order valence-electron chi connectivity index (χ1n) is 10.6. The minimum absolute atomic E-state index is 0.00748. The molecule has 3 rings (SSSR count). The molecule has 1 unspecified atom stereocenters. The molecule has 0 aliphatic heterocycles. The van der Waals surface area contributed by atoms with Crippen LogP contribution in [0.15, 0.2) is 48.5 Å². The number of fused-ring (bicyclic) bond motifs is 3. The van der Waals surface area contributed by atoms with Crippen molar-refractivity contribution < 1.29 is 29.3 Å². The standard InChI is InChI=1S/C24H28N2O6/c1-24(15-27,22(29)30)26-21(28)12-6-7-13-25-23(31)32-14-20-18-10-4-2-8-16(18)17-9-3-5-11-19(17)20/h2-5,8-11,20,27H,6-7,12-15H2,1H3,(H,25,31)(H,26,28)(H,29,30). The topological polar surface area (TPSA) is 125 Å². The Morgan fingerprint density at radius 1 is 1.00 bits per heavy atom. The highest BCUT2D eigenvalue weighted by Gasteiger charge is 2.34. The Morgan fingerprint density at radius 2 is 1.59 bits per heavy atom. The second-order valence-electron chi connectivity index (χ2n) is 8.05. The summed E-state index contributed by atoms with van der Waals surface area (Å²) in [6.07, 6.45) is 0.557. The number of carbonyl (C=O) groups excluding carboxylic acids is 2. The average Bonchev–Trinajstić information content (AvgIpc) is 3.11. The molecule has 0 bridgehead atoms. The predicted molar refractivity (Wildman–Crippen MR) is 118 cm³/mol. The first-order chi connectivity index (χ1) is 15.4. The Kier molecular flexibility index (Phi) is 7.48. The number of aliphatic carboxylic acids is 1. The summed E-state index contributed by atoms with van der Waals surface area (Å²) in [5.74, 6) is -1.78. The van der Waals surface area contributed by atoms with Crippen LogP contribution in [0.1, 0.15) is 43.2 Å². The van der Waals surface area contributed by atoms with Crippen molar-refractivity contribution in [1.29, 1.82) is 0 Å². The van der Waals surface area contributed by atoms with Crippen molar-refractivity contribution in [2.75, 3.05) is 19.8 Å². The lowest BCUT2D eigenvalue weighted by molar-refractivity contribution is -0.148. The van der Waals surface area contributed by atoms with Gasteiger partial charge in [0.25, 0.3) is 0 Å². The van der Waals surface area contributed by atoms with Crippen LogP contribution in [0.25, 0.3) is 11.1 Å². The fourth-order valence-corrected chi connectivity index (χ4v) is 3.78. The number of carboxylic acids is 1. The fourth-order valence-electron chi connectivity index (χ4n) is 3.78. The minimum Gasteiger partial charge on any atom is -0.479 e. The Balaban J connectivity index is 1.39. The van der Waals surface area contributed by atoms with Crippen molar-refractivity contribution in [2.24, 2.45) is 0 Å². The quantitative estimate of drug-likeness (QED) is 0.421. The average molecular weight is 440 g/mol. The zero-order chi connectivity index (χ0) is 23.1. The van der Waals surface area contributed by atoms with Gasteiger partial charge in [-0.15, -0.1) is 0 Å². The molecule has 0 spiro atoms. The molecule has 8 nitrogen and oxygen atoms in total. The summed E-state index contributed by atoms with van der Waals surface area (Å²) in [5, 5.41) is 23.2. The molecule has 170 valence electrons. The number of carbonyl (C=O) groups is 3. The lowest BCUT2D eigenvalue weighted by atomic mass is 9.98. The molecular formula is C24H28N2O6. The summed E-state index contributed by atoms with van der Waals surface area (Å²) in [4.78, 5) is 35.1. The number of carboxylic acid groups (broad SMARTS) is 1. The van der Waals surface area contributed by atoms with Gasteiger partial charge in [-0.25, -0.2) is 9.59 Å². The van der Waals surface area contributed by atoms with Crippen LogP contribution >= 0.6 is 0 Å². The Hall–Kier alpha value is -3.39. The maximum atomic E-state index is 12.1. The normalized spacial score (nSPS) is 14.1. The van der Waals surface area contributed by atoms with E-state index in [9.17, 15) is 14.4 Å². The predicted octanol–water partition coefficient (Wildman–Crippen LogP) is 2.65. The van der Waals surface area contributed by atoms with E-state index in [4.69, 9.17) is 14.9 Å². The molecule has 4 N–H and O–H groups in total. The number of aliphatic hydroxyl groups excluding tert-OH is 1. The Bertz CT molecular complexity index is 946. The zero-order valence-electron chi connectivity index (χ0n) is 18.0. The highest BCUT2D eigenvalue weighted by molar-refractivity contribution is 5.86. The van der Waals surface area contributed by atoms with Crippen molar-refractivity contribution in [3.63, 3.8) is 0 Å². The van der Waals surface area contributed by atoms with Gasteiger partial charge in [0.1, 0.15) is 6.61 Å². The van der Waals surface area contributed by atoms with E-state index in [1.807, 2.05) is 24.3 Å². The van der Waals surface area contributed by atoms with Crippen LogP contribution in [0.2, 0.25) is 0 Å². The van der Waals surface area contributed by atoms with Crippen molar-refractivity contribution in [2.45, 2.75) is 37.6 Å². The molecule has 8 heteroatoms. The number of amides is 2. The van der Waals surface area contributed by atoms with Gasteiger partial charge >= 0.3 is 12.1 Å². The summed E-state index contributed by atoms with van der Waals surface area (Å²) in [5.41, 5.74) is 2.91. The maximum absolute atomic E-state index is 12.1. The smallest absolute Gasteiger partial charge is 0.407 e. The van der Waals surface area contributed by atoms with Crippen LogP contribution in [-0.4, -0.2) is 53.5 Å². The van der Waals surface area contributed by atoms with Crippen LogP contribution < -0.4 is 10.6 Å². The number of hydrogen-bond acceptors (Lipinski definition) is 5. The SMILES string of the molecule is CC(CO)(NC(=O)CCCCNC(=O)OCC1c2ccccc2-c2ccccc21)C(=O)O. The largest absolute Gasteiger partial charge is 0.479 e. The number of benzene rings is 2. The third-order valence-corrected chi connectivity index (χ3v) is 5.65. The first kappa shape index (κ1) is 23.3. The number of aliphatic hydroxyl groups is 1. The molecule has 0 heterocycles. The van der Waals surface area contributed by atoms with E-state index in [1.165, 1.54) is 6.92 Å². The summed E-state index contributed by atoms with van der Waals surface area (Å²) in [7, 11) is 0. The van der Waals surface area contributed by atoms with Crippen molar-refractivity contribution in [3.8, 4) is 11.1 Å². The molecule has 0 radical (unpaired) electrons. The number of hydrogen-bond donors (Lipinski definition) is 4. The van der Waals surface area contributed by atoms with Gasteiger partial charge in [-0.2, -0.15) is 0 Å². The van der Waals surface area contributed by atoms with Crippen molar-refractivity contribution >= 4 is 18.0 Å². The van der Waals surface area contributed by atoms with Crippen LogP contribution in [0, 0.1) is 0 Å². The highest BCUT2D eigenvalue weighted by Crippen LogP contribution is 2.44. The Labute approximate surface area is 186 Å². The molecule has 1 aliphatic rings. The van der Waals surface area contributed by atoms with Gasteiger partial charge in [-0.3, -0.25) is 4.79 Å².